The van der Waals surface area contributed by atoms with Crippen molar-refractivity contribution in [2.75, 3.05) is 26.7 Å². The highest BCUT2D eigenvalue weighted by Crippen LogP contribution is 2.29. The van der Waals surface area contributed by atoms with Crippen LogP contribution in [0.4, 0.5) is 0 Å². The maximum absolute atomic E-state index is 13.0. The van der Waals surface area contributed by atoms with Gasteiger partial charge in [-0.3, -0.25) is 14.5 Å². The summed E-state index contributed by atoms with van der Waals surface area (Å²) < 4.78 is 5.39. The Kier molecular flexibility index (Phi) is 7.31. The van der Waals surface area contributed by atoms with Crippen LogP contribution in [0.25, 0.3) is 0 Å². The van der Waals surface area contributed by atoms with Gasteiger partial charge in [-0.1, -0.05) is 25.0 Å². The lowest BCUT2D eigenvalue weighted by Gasteiger charge is -2.30. The van der Waals surface area contributed by atoms with Crippen LogP contribution < -0.4 is 15.4 Å². The molecule has 0 aromatic heterocycles. The smallest absolute Gasteiger partial charge is 0.242 e. The van der Waals surface area contributed by atoms with Gasteiger partial charge >= 0.3 is 0 Å². The lowest BCUT2D eigenvalue weighted by atomic mass is 9.97. The van der Waals surface area contributed by atoms with Crippen LogP contribution in [0.2, 0.25) is 0 Å². The van der Waals surface area contributed by atoms with E-state index in [1.165, 1.54) is 19.8 Å². The largest absolute Gasteiger partial charge is 0.497 e. The van der Waals surface area contributed by atoms with Gasteiger partial charge in [-0.15, -0.1) is 0 Å². The number of likely N-dealkylation sites (tertiary alicyclic amines) is 1. The van der Waals surface area contributed by atoms with E-state index in [0.29, 0.717) is 6.54 Å². The number of carbonyl (C=O) groups excluding carboxylic acids is 2. The topological polar surface area (TPSA) is 70.7 Å². The molecule has 6 heteroatoms. The predicted molar refractivity (Wildman–Crippen MR) is 109 cm³/mol. The number of ether oxygens (including phenoxy) is 1. The zero-order valence-corrected chi connectivity index (χ0v) is 17.1. The number of hydrogen-bond donors (Lipinski definition) is 2. The number of rotatable bonds is 8. The van der Waals surface area contributed by atoms with Gasteiger partial charge in [0.1, 0.15) is 11.8 Å². The van der Waals surface area contributed by atoms with E-state index in [1.807, 2.05) is 12.1 Å². The van der Waals surface area contributed by atoms with Crippen LogP contribution in [0.15, 0.2) is 24.3 Å². The van der Waals surface area contributed by atoms with Crippen molar-refractivity contribution in [2.45, 2.75) is 57.5 Å². The van der Waals surface area contributed by atoms with Crippen molar-refractivity contribution in [3.63, 3.8) is 0 Å². The van der Waals surface area contributed by atoms with E-state index in [4.69, 9.17) is 4.74 Å². The normalized spacial score (nSPS) is 19.9. The second-order valence-electron chi connectivity index (χ2n) is 8.00. The maximum atomic E-state index is 13.0. The molecule has 2 fully saturated rings. The van der Waals surface area contributed by atoms with Gasteiger partial charge in [-0.25, -0.2) is 0 Å². The van der Waals surface area contributed by atoms with Crippen LogP contribution >= 0.6 is 0 Å². The summed E-state index contributed by atoms with van der Waals surface area (Å²) in [6.07, 6.45) is 6.64. The Morgan fingerprint density at radius 3 is 2.54 bits per heavy atom. The molecule has 2 N–H and O–H groups in total. The third kappa shape index (κ3) is 5.25. The second kappa shape index (κ2) is 9.92. The van der Waals surface area contributed by atoms with Crippen LogP contribution in [0.1, 0.15) is 57.1 Å². The number of benzene rings is 1. The van der Waals surface area contributed by atoms with Gasteiger partial charge in [0.2, 0.25) is 11.8 Å². The zero-order valence-electron chi connectivity index (χ0n) is 17.1. The van der Waals surface area contributed by atoms with E-state index < -0.39 is 6.04 Å². The highest BCUT2D eigenvalue weighted by atomic mass is 16.5. The Morgan fingerprint density at radius 1 is 1.18 bits per heavy atom. The molecule has 1 aliphatic carbocycles. The van der Waals surface area contributed by atoms with Crippen molar-refractivity contribution >= 4 is 11.8 Å². The summed E-state index contributed by atoms with van der Waals surface area (Å²) in [7, 11) is 1.67. The first-order chi connectivity index (χ1) is 13.6. The number of methoxy groups -OCH3 is 1. The minimum Gasteiger partial charge on any atom is -0.497 e. The summed E-state index contributed by atoms with van der Waals surface area (Å²) in [5.41, 5.74) is 1.15. The molecular formula is C22H33N3O3. The summed E-state index contributed by atoms with van der Waals surface area (Å²) >= 11 is 0. The molecule has 154 valence electrons. The van der Waals surface area contributed by atoms with Gasteiger partial charge < -0.3 is 15.4 Å². The molecule has 1 aromatic rings. The van der Waals surface area contributed by atoms with Crippen LogP contribution in [0.3, 0.4) is 0 Å². The van der Waals surface area contributed by atoms with Gasteiger partial charge in [0, 0.05) is 13.5 Å². The van der Waals surface area contributed by atoms with E-state index in [9.17, 15) is 9.59 Å². The maximum Gasteiger partial charge on any atom is 0.242 e. The Balaban J connectivity index is 1.70. The van der Waals surface area contributed by atoms with E-state index >= 15 is 0 Å². The molecule has 2 aliphatic rings. The summed E-state index contributed by atoms with van der Waals surface area (Å²) in [4.78, 5) is 27.0. The van der Waals surface area contributed by atoms with Crippen LogP contribution in [0.5, 0.6) is 5.75 Å². The predicted octanol–water partition coefficient (Wildman–Crippen LogP) is 2.64. The second-order valence-corrected chi connectivity index (χ2v) is 8.00. The van der Waals surface area contributed by atoms with Crippen LogP contribution in [0, 0.1) is 5.92 Å². The van der Waals surface area contributed by atoms with Crippen molar-refractivity contribution in [1.82, 2.24) is 15.5 Å². The Bertz CT molecular complexity index is 667. The minimum absolute atomic E-state index is 0.0609. The molecule has 0 bridgehead atoms. The number of carbonyl (C=O) groups is 2. The van der Waals surface area contributed by atoms with Crippen molar-refractivity contribution in [2.24, 2.45) is 5.92 Å². The first-order valence-corrected chi connectivity index (χ1v) is 10.5. The lowest BCUT2D eigenvalue weighted by molar-refractivity contribution is -0.129. The molecular weight excluding hydrogens is 354 g/mol. The average Bonchev–Trinajstić information content (AvgIpc) is 3.40. The monoisotopic (exact) mass is 387 g/mol. The molecule has 2 atom stereocenters. The summed E-state index contributed by atoms with van der Waals surface area (Å²) in [5, 5.41) is 6.03. The zero-order chi connectivity index (χ0) is 19.9. The number of amides is 2. The Hall–Kier alpha value is -2.08. The molecule has 2 amide bonds. The Labute approximate surface area is 168 Å². The van der Waals surface area contributed by atoms with E-state index in [0.717, 1.165) is 50.1 Å². The average molecular weight is 388 g/mol. The highest BCUT2D eigenvalue weighted by Gasteiger charge is 2.32. The molecule has 2 unspecified atom stereocenters. The summed E-state index contributed by atoms with van der Waals surface area (Å²) in [6, 6.07) is 7.78. The van der Waals surface area contributed by atoms with E-state index in [-0.39, 0.29) is 23.8 Å². The molecule has 0 spiro atoms. The standard InChI is InChI=1S/C22H33N3O3/c1-16(26)24-21(17-8-3-4-9-17)22(27)23-15-20(25-12-5-6-13-25)18-10-7-11-19(14-18)28-2/h7,10-11,14,17,20-21H,3-6,8-9,12-13,15H2,1-2H3,(H,23,27)(H,24,26). The lowest BCUT2D eigenvalue weighted by Crippen LogP contribution is -2.51. The third-order valence-corrected chi connectivity index (χ3v) is 6.04. The Morgan fingerprint density at radius 2 is 1.89 bits per heavy atom. The fourth-order valence-electron chi connectivity index (χ4n) is 4.57. The number of hydrogen-bond acceptors (Lipinski definition) is 4. The molecule has 1 heterocycles. The highest BCUT2D eigenvalue weighted by molar-refractivity contribution is 5.87. The van der Waals surface area contributed by atoms with Crippen molar-refractivity contribution < 1.29 is 14.3 Å². The molecule has 1 aliphatic heterocycles. The van der Waals surface area contributed by atoms with Crippen molar-refractivity contribution in [1.29, 1.82) is 0 Å². The SMILES string of the molecule is COc1cccc(C(CNC(=O)C(NC(C)=O)C2CCCC2)N2CCCC2)c1. The van der Waals surface area contributed by atoms with Crippen LogP contribution in [-0.4, -0.2) is 49.5 Å². The number of nitrogens with one attached hydrogen (secondary N) is 2. The van der Waals surface area contributed by atoms with Crippen molar-refractivity contribution in [3.8, 4) is 5.75 Å². The first kappa shape index (κ1) is 20.6. The molecule has 28 heavy (non-hydrogen) atoms. The fourth-order valence-corrected chi connectivity index (χ4v) is 4.57. The van der Waals surface area contributed by atoms with E-state index in [2.05, 4.69) is 27.7 Å². The van der Waals surface area contributed by atoms with Gasteiger partial charge in [-0.2, -0.15) is 0 Å². The summed E-state index contributed by atoms with van der Waals surface area (Å²) in [5.74, 6) is 0.867. The quantitative estimate of drug-likeness (QED) is 0.719. The third-order valence-electron chi connectivity index (χ3n) is 6.04. The van der Waals surface area contributed by atoms with Gasteiger partial charge in [0.25, 0.3) is 0 Å². The van der Waals surface area contributed by atoms with Gasteiger partial charge in [0.05, 0.1) is 13.2 Å². The van der Waals surface area contributed by atoms with Crippen molar-refractivity contribution in [3.05, 3.63) is 29.8 Å². The van der Waals surface area contributed by atoms with Crippen LogP contribution in [-0.2, 0) is 9.59 Å². The van der Waals surface area contributed by atoms with E-state index in [1.54, 1.807) is 7.11 Å². The molecule has 1 saturated heterocycles. The van der Waals surface area contributed by atoms with Gasteiger partial charge in [0.15, 0.2) is 0 Å². The molecule has 3 rings (SSSR count). The minimum atomic E-state index is -0.426. The molecule has 1 saturated carbocycles. The van der Waals surface area contributed by atoms with Gasteiger partial charge in [-0.05, 0) is 62.4 Å². The fraction of sp³-hybridized carbons (Fsp3) is 0.636. The molecule has 1 aromatic carbocycles. The number of nitrogens with zero attached hydrogens (tertiary/aromatic N) is 1. The first-order valence-electron chi connectivity index (χ1n) is 10.5. The molecule has 0 radical (unpaired) electrons. The summed E-state index contributed by atoms with van der Waals surface area (Å²) in [6.45, 7) is 4.10. The molecule has 6 nitrogen and oxygen atoms in total.